The maximum absolute atomic E-state index is 12.9. The number of nitrogens with one attached hydrogen (secondary N) is 2. The van der Waals surface area contributed by atoms with E-state index in [1.165, 1.54) is 29.8 Å². The van der Waals surface area contributed by atoms with Gasteiger partial charge in [-0.1, -0.05) is 26.0 Å². The van der Waals surface area contributed by atoms with Crippen LogP contribution in [0.2, 0.25) is 0 Å². The molecule has 0 aromatic heterocycles. The van der Waals surface area contributed by atoms with Gasteiger partial charge in [-0.25, -0.2) is 4.39 Å². The molecule has 5 nitrogen and oxygen atoms in total. The number of hydrogen-bond donors (Lipinski definition) is 2. The van der Waals surface area contributed by atoms with Crippen molar-refractivity contribution in [1.29, 1.82) is 0 Å². The number of nitrogens with zero attached hydrogens (tertiary/aromatic N) is 1. The van der Waals surface area contributed by atoms with Gasteiger partial charge in [-0.05, 0) is 61.9 Å². The monoisotopic (exact) mass is 371 g/mol. The van der Waals surface area contributed by atoms with Crippen LogP contribution in [0.5, 0.6) is 0 Å². The van der Waals surface area contributed by atoms with E-state index in [1.807, 2.05) is 24.3 Å². The predicted molar refractivity (Wildman–Crippen MR) is 106 cm³/mol. The molecule has 0 aliphatic carbocycles. The molecule has 2 rings (SSSR count). The van der Waals surface area contributed by atoms with Crippen molar-refractivity contribution in [3.05, 3.63) is 59.9 Å². The van der Waals surface area contributed by atoms with E-state index >= 15 is 0 Å². The zero-order valence-corrected chi connectivity index (χ0v) is 16.1. The Hall–Kier alpha value is -2.73. The number of benzene rings is 2. The average Bonchev–Trinajstić information content (AvgIpc) is 2.63. The van der Waals surface area contributed by atoms with Crippen molar-refractivity contribution in [2.24, 2.45) is 0 Å². The first-order chi connectivity index (χ1) is 12.8. The van der Waals surface area contributed by atoms with E-state index in [0.717, 1.165) is 5.69 Å². The number of likely N-dealkylation sites (N-methyl/N-ethyl adjacent to an activating group) is 1. The van der Waals surface area contributed by atoms with Crippen molar-refractivity contribution in [2.45, 2.75) is 32.7 Å². The predicted octanol–water partition coefficient (Wildman–Crippen LogP) is 3.85. The molecule has 1 atom stereocenters. The summed E-state index contributed by atoms with van der Waals surface area (Å²) in [6, 6.07) is 12.8. The van der Waals surface area contributed by atoms with Gasteiger partial charge in [-0.15, -0.1) is 0 Å². The van der Waals surface area contributed by atoms with Crippen molar-refractivity contribution in [3.8, 4) is 0 Å². The molecule has 2 aromatic rings. The Morgan fingerprint density at radius 1 is 0.926 bits per heavy atom. The molecule has 2 amide bonds. The van der Waals surface area contributed by atoms with Gasteiger partial charge >= 0.3 is 0 Å². The molecular formula is C21H26FN3O2. The van der Waals surface area contributed by atoms with Crippen LogP contribution in [0.15, 0.2) is 48.5 Å². The summed E-state index contributed by atoms with van der Waals surface area (Å²) < 4.78 is 12.9. The largest absolute Gasteiger partial charge is 0.325 e. The Balaban J connectivity index is 1.87. The number of halogens is 1. The van der Waals surface area contributed by atoms with Gasteiger partial charge in [-0.2, -0.15) is 0 Å². The standard InChI is InChI=1S/C21H26FN3O2/c1-14(2)16-5-9-19(10-6-16)24-21(27)15(3)25(4)13-20(26)23-18-11-7-17(22)8-12-18/h5-12,14-15H,13H2,1-4H3,(H,23,26)(H,24,27)/t15-/m0/s1. The molecule has 0 aliphatic heterocycles. The van der Waals surface area contributed by atoms with Gasteiger partial charge in [0.2, 0.25) is 11.8 Å². The molecule has 2 N–H and O–H groups in total. The lowest BCUT2D eigenvalue weighted by atomic mass is 10.0. The minimum absolute atomic E-state index is 0.0399. The SMILES string of the molecule is CC(C)c1ccc(NC(=O)[C@H](C)N(C)CC(=O)Nc2ccc(F)cc2)cc1. The van der Waals surface area contributed by atoms with Crippen LogP contribution >= 0.6 is 0 Å². The van der Waals surface area contributed by atoms with E-state index in [1.54, 1.807) is 18.9 Å². The topological polar surface area (TPSA) is 61.4 Å². The molecule has 27 heavy (non-hydrogen) atoms. The highest BCUT2D eigenvalue weighted by molar-refractivity contribution is 5.96. The molecule has 0 aliphatic rings. The first kappa shape index (κ1) is 20.6. The van der Waals surface area contributed by atoms with Crippen molar-refractivity contribution >= 4 is 23.2 Å². The van der Waals surface area contributed by atoms with Gasteiger partial charge < -0.3 is 10.6 Å². The van der Waals surface area contributed by atoms with Crippen LogP contribution in [0.1, 0.15) is 32.3 Å². The molecule has 0 fully saturated rings. The molecule has 0 bridgehead atoms. The highest BCUT2D eigenvalue weighted by Crippen LogP contribution is 2.17. The minimum atomic E-state index is -0.492. The van der Waals surface area contributed by atoms with Crippen molar-refractivity contribution < 1.29 is 14.0 Å². The van der Waals surface area contributed by atoms with Crippen molar-refractivity contribution in [1.82, 2.24) is 4.90 Å². The number of carbonyl (C=O) groups is 2. The van der Waals surface area contributed by atoms with Crippen LogP contribution in [0.25, 0.3) is 0 Å². The molecule has 0 radical (unpaired) electrons. The fourth-order valence-electron chi connectivity index (χ4n) is 2.50. The highest BCUT2D eigenvalue weighted by atomic mass is 19.1. The number of amides is 2. The third-order valence-corrected chi connectivity index (χ3v) is 4.41. The Kier molecular flexibility index (Phi) is 7.07. The second-order valence-electron chi connectivity index (χ2n) is 6.91. The first-order valence-corrected chi connectivity index (χ1v) is 8.92. The molecule has 0 saturated heterocycles. The molecule has 144 valence electrons. The van der Waals surface area contributed by atoms with Gasteiger partial charge in [0.25, 0.3) is 0 Å². The highest BCUT2D eigenvalue weighted by Gasteiger charge is 2.20. The minimum Gasteiger partial charge on any atom is -0.325 e. The molecule has 0 unspecified atom stereocenters. The van der Waals surface area contributed by atoms with E-state index in [-0.39, 0.29) is 24.2 Å². The summed E-state index contributed by atoms with van der Waals surface area (Å²) in [6.45, 7) is 6.00. The zero-order valence-electron chi connectivity index (χ0n) is 16.1. The molecule has 0 saturated carbocycles. The maximum atomic E-state index is 12.9. The summed E-state index contributed by atoms with van der Waals surface area (Å²) in [5.41, 5.74) is 2.44. The second-order valence-corrected chi connectivity index (χ2v) is 6.91. The van der Waals surface area contributed by atoms with Crippen LogP contribution in [0, 0.1) is 5.82 Å². The average molecular weight is 371 g/mol. The van der Waals surface area contributed by atoms with Gasteiger partial charge in [0, 0.05) is 11.4 Å². The smallest absolute Gasteiger partial charge is 0.241 e. The lowest BCUT2D eigenvalue weighted by molar-refractivity contribution is -0.122. The Labute approximate surface area is 159 Å². The van der Waals surface area contributed by atoms with E-state index in [4.69, 9.17) is 0 Å². The zero-order chi connectivity index (χ0) is 20.0. The summed E-state index contributed by atoms with van der Waals surface area (Å²) in [6.07, 6.45) is 0. The van der Waals surface area contributed by atoms with Crippen LogP contribution in [-0.2, 0) is 9.59 Å². The summed E-state index contributed by atoms with van der Waals surface area (Å²) in [4.78, 5) is 26.2. The number of hydrogen-bond acceptors (Lipinski definition) is 3. The quantitative estimate of drug-likeness (QED) is 0.777. The normalized spacial score (nSPS) is 12.1. The van der Waals surface area contributed by atoms with E-state index in [9.17, 15) is 14.0 Å². The third-order valence-electron chi connectivity index (χ3n) is 4.41. The number of rotatable bonds is 7. The molecule has 0 heterocycles. The van der Waals surface area contributed by atoms with Gasteiger partial charge in [0.1, 0.15) is 5.82 Å². The van der Waals surface area contributed by atoms with Gasteiger partial charge in [0.15, 0.2) is 0 Å². The Morgan fingerprint density at radius 2 is 1.44 bits per heavy atom. The number of anilines is 2. The third kappa shape index (κ3) is 6.18. The fourth-order valence-corrected chi connectivity index (χ4v) is 2.50. The number of carbonyl (C=O) groups excluding carboxylic acids is 2. The van der Waals surface area contributed by atoms with Crippen molar-refractivity contribution in [2.75, 3.05) is 24.2 Å². The van der Waals surface area contributed by atoms with Crippen LogP contribution < -0.4 is 10.6 Å². The maximum Gasteiger partial charge on any atom is 0.241 e. The molecule has 6 heteroatoms. The van der Waals surface area contributed by atoms with E-state index in [0.29, 0.717) is 11.6 Å². The molecule has 2 aromatic carbocycles. The lowest BCUT2D eigenvalue weighted by Crippen LogP contribution is -2.43. The summed E-state index contributed by atoms with van der Waals surface area (Å²) >= 11 is 0. The van der Waals surface area contributed by atoms with Gasteiger partial charge in [-0.3, -0.25) is 14.5 Å². The van der Waals surface area contributed by atoms with Crippen LogP contribution in [0.3, 0.4) is 0 Å². The Bertz CT molecular complexity index is 773. The fraction of sp³-hybridized carbons (Fsp3) is 0.333. The van der Waals surface area contributed by atoms with Crippen LogP contribution in [0.4, 0.5) is 15.8 Å². The lowest BCUT2D eigenvalue weighted by Gasteiger charge is -2.23. The summed E-state index contributed by atoms with van der Waals surface area (Å²) in [5.74, 6) is -0.398. The molecule has 0 spiro atoms. The van der Waals surface area contributed by atoms with Crippen LogP contribution in [-0.4, -0.2) is 36.3 Å². The Morgan fingerprint density at radius 3 is 2.00 bits per heavy atom. The van der Waals surface area contributed by atoms with E-state index in [2.05, 4.69) is 24.5 Å². The first-order valence-electron chi connectivity index (χ1n) is 8.92. The second kappa shape index (κ2) is 9.28. The van der Waals surface area contributed by atoms with E-state index < -0.39 is 6.04 Å². The van der Waals surface area contributed by atoms with Crippen molar-refractivity contribution in [3.63, 3.8) is 0 Å². The summed E-state index contributed by atoms with van der Waals surface area (Å²) in [5, 5.41) is 5.55. The summed E-state index contributed by atoms with van der Waals surface area (Å²) in [7, 11) is 1.70. The van der Waals surface area contributed by atoms with Gasteiger partial charge in [0.05, 0.1) is 12.6 Å². The molecular weight excluding hydrogens is 345 g/mol.